The lowest BCUT2D eigenvalue weighted by Crippen LogP contribution is -2.38. The Labute approximate surface area is 117 Å². The summed E-state index contributed by atoms with van der Waals surface area (Å²) in [5.74, 6) is -1.48. The fraction of sp³-hybridized carbons (Fsp3) is 0.364. The Morgan fingerprint density at radius 1 is 1.20 bits per heavy atom. The Kier molecular flexibility index (Phi) is 4.90. The van der Waals surface area contributed by atoms with Crippen molar-refractivity contribution in [3.05, 3.63) is 29.8 Å². The Morgan fingerprint density at radius 3 is 2.10 bits per heavy atom. The monoisotopic (exact) mass is 321 g/mol. The molecule has 0 bridgehead atoms. The van der Waals surface area contributed by atoms with Crippen molar-refractivity contribution in [2.24, 2.45) is 0 Å². The molecule has 0 saturated carbocycles. The smallest absolute Gasteiger partial charge is 0.321 e. The molecule has 1 atom stereocenters. The van der Waals surface area contributed by atoms with E-state index in [1.807, 2.05) is 4.72 Å². The number of carbonyl (C=O) groups is 1. The van der Waals surface area contributed by atoms with Gasteiger partial charge >= 0.3 is 5.97 Å². The lowest BCUT2D eigenvalue weighted by Gasteiger charge is -2.10. The number of hydrogen-bond donors (Lipinski definition) is 2. The van der Waals surface area contributed by atoms with Crippen molar-refractivity contribution < 1.29 is 26.7 Å². The molecule has 2 N–H and O–H groups in total. The van der Waals surface area contributed by atoms with Gasteiger partial charge in [0.1, 0.15) is 6.04 Å². The van der Waals surface area contributed by atoms with E-state index in [2.05, 4.69) is 0 Å². The van der Waals surface area contributed by atoms with Gasteiger partial charge in [0.2, 0.25) is 10.0 Å². The van der Waals surface area contributed by atoms with Gasteiger partial charge in [-0.1, -0.05) is 12.1 Å². The first-order valence-corrected chi connectivity index (χ1v) is 9.07. The van der Waals surface area contributed by atoms with Crippen molar-refractivity contribution in [3.63, 3.8) is 0 Å². The first-order valence-electron chi connectivity index (χ1n) is 5.53. The van der Waals surface area contributed by atoms with Crippen molar-refractivity contribution in [1.82, 2.24) is 4.72 Å². The Morgan fingerprint density at radius 2 is 1.70 bits per heavy atom. The number of aliphatic carboxylic acids is 1. The minimum absolute atomic E-state index is 0.122. The third-order valence-corrected chi connectivity index (χ3v) is 4.78. The number of rotatable bonds is 6. The van der Waals surface area contributed by atoms with Crippen LogP contribution >= 0.6 is 0 Å². The van der Waals surface area contributed by atoms with E-state index < -0.39 is 31.9 Å². The molecule has 1 aromatic rings. The summed E-state index contributed by atoms with van der Waals surface area (Å²) in [4.78, 5) is 10.5. The summed E-state index contributed by atoms with van der Waals surface area (Å²) in [6.07, 6.45) is 1.08. The number of sulfonamides is 1. The molecular weight excluding hydrogens is 306 g/mol. The first-order chi connectivity index (χ1) is 9.01. The van der Waals surface area contributed by atoms with E-state index >= 15 is 0 Å². The number of carboxylic acid groups (broad SMARTS) is 1. The third kappa shape index (κ3) is 4.91. The van der Waals surface area contributed by atoms with Crippen LogP contribution in [0.15, 0.2) is 29.2 Å². The molecule has 0 aliphatic carbocycles. The molecule has 1 aromatic carbocycles. The average molecular weight is 321 g/mol. The fourth-order valence-corrected chi connectivity index (χ4v) is 3.41. The lowest BCUT2D eigenvalue weighted by molar-refractivity contribution is -0.138. The third-order valence-electron chi connectivity index (χ3n) is 2.36. The van der Waals surface area contributed by atoms with Crippen LogP contribution in [0.1, 0.15) is 12.5 Å². The largest absolute Gasteiger partial charge is 0.480 e. The van der Waals surface area contributed by atoms with E-state index in [9.17, 15) is 21.6 Å². The number of hydrogen-bond acceptors (Lipinski definition) is 5. The predicted octanol–water partition coefficient (Wildman–Crippen LogP) is -0.0174. The Hall–Kier alpha value is -1.45. The van der Waals surface area contributed by atoms with E-state index in [-0.39, 0.29) is 10.6 Å². The maximum absolute atomic E-state index is 11.9. The SMILES string of the molecule is C[C@H](NS(=O)(=O)c1ccc(CS(C)(=O)=O)cc1)C(=O)O. The highest BCUT2D eigenvalue weighted by atomic mass is 32.2. The van der Waals surface area contributed by atoms with E-state index in [0.717, 1.165) is 6.26 Å². The minimum Gasteiger partial charge on any atom is -0.480 e. The van der Waals surface area contributed by atoms with Gasteiger partial charge in [-0.3, -0.25) is 4.79 Å². The number of carboxylic acids is 1. The fourth-order valence-electron chi connectivity index (χ4n) is 1.42. The maximum atomic E-state index is 11.9. The van der Waals surface area contributed by atoms with Crippen LogP contribution in [0.25, 0.3) is 0 Å². The quantitative estimate of drug-likeness (QED) is 0.760. The molecule has 20 heavy (non-hydrogen) atoms. The summed E-state index contributed by atoms with van der Waals surface area (Å²) in [6, 6.07) is 3.97. The normalized spacial score (nSPS) is 13.9. The van der Waals surface area contributed by atoms with Gasteiger partial charge < -0.3 is 5.11 Å². The van der Waals surface area contributed by atoms with Crippen LogP contribution in [0.5, 0.6) is 0 Å². The first kappa shape index (κ1) is 16.6. The van der Waals surface area contributed by atoms with Crippen LogP contribution in [-0.4, -0.2) is 40.2 Å². The molecule has 0 aliphatic heterocycles. The van der Waals surface area contributed by atoms with E-state index in [4.69, 9.17) is 5.11 Å². The molecule has 0 radical (unpaired) electrons. The second-order valence-corrected chi connectivity index (χ2v) is 8.25. The van der Waals surface area contributed by atoms with Crippen LogP contribution in [0.4, 0.5) is 0 Å². The van der Waals surface area contributed by atoms with Gasteiger partial charge in [0.25, 0.3) is 0 Å². The summed E-state index contributed by atoms with van der Waals surface area (Å²) < 4.78 is 47.9. The van der Waals surface area contributed by atoms with Crippen LogP contribution in [0, 0.1) is 0 Å². The summed E-state index contributed by atoms with van der Waals surface area (Å²) >= 11 is 0. The Balaban J connectivity index is 2.95. The molecule has 0 saturated heterocycles. The van der Waals surface area contributed by atoms with Crippen molar-refractivity contribution in [1.29, 1.82) is 0 Å². The summed E-state index contributed by atoms with van der Waals surface area (Å²) in [5.41, 5.74) is 0.456. The highest BCUT2D eigenvalue weighted by Crippen LogP contribution is 2.13. The van der Waals surface area contributed by atoms with E-state index in [0.29, 0.717) is 5.56 Å². The number of sulfone groups is 1. The zero-order chi connectivity index (χ0) is 15.6. The van der Waals surface area contributed by atoms with Crippen molar-refractivity contribution in [3.8, 4) is 0 Å². The predicted molar refractivity (Wildman–Crippen MR) is 72.4 cm³/mol. The van der Waals surface area contributed by atoms with Crippen LogP contribution in [0.2, 0.25) is 0 Å². The minimum atomic E-state index is -3.95. The molecule has 0 fully saturated rings. The molecule has 0 unspecified atom stereocenters. The van der Waals surface area contributed by atoms with Gasteiger partial charge in [0.05, 0.1) is 10.6 Å². The molecule has 0 aliphatic rings. The molecule has 1 rings (SSSR count). The second kappa shape index (κ2) is 5.90. The molecule has 112 valence electrons. The topological polar surface area (TPSA) is 118 Å². The van der Waals surface area contributed by atoms with Gasteiger partial charge in [-0.2, -0.15) is 4.72 Å². The molecule has 7 nitrogen and oxygen atoms in total. The standard InChI is InChI=1S/C11H15NO6S2/c1-8(11(13)14)12-20(17,18)10-5-3-9(4-6-10)7-19(2,15)16/h3-6,8,12H,7H2,1-2H3,(H,13,14)/t8-/m0/s1. The van der Waals surface area contributed by atoms with Gasteiger partial charge in [0, 0.05) is 6.26 Å². The highest BCUT2D eigenvalue weighted by Gasteiger charge is 2.21. The van der Waals surface area contributed by atoms with Gasteiger partial charge in [-0.25, -0.2) is 16.8 Å². The van der Waals surface area contributed by atoms with Crippen molar-refractivity contribution >= 4 is 25.8 Å². The molecular formula is C11H15NO6S2. The highest BCUT2D eigenvalue weighted by molar-refractivity contribution is 7.90. The van der Waals surface area contributed by atoms with E-state index in [1.54, 1.807) is 0 Å². The summed E-state index contributed by atoms with van der Waals surface area (Å²) in [5, 5.41) is 8.67. The lowest BCUT2D eigenvalue weighted by atomic mass is 10.2. The maximum Gasteiger partial charge on any atom is 0.321 e. The number of nitrogens with one attached hydrogen (secondary N) is 1. The number of benzene rings is 1. The zero-order valence-electron chi connectivity index (χ0n) is 10.9. The van der Waals surface area contributed by atoms with Crippen molar-refractivity contribution in [2.45, 2.75) is 23.6 Å². The average Bonchev–Trinajstić information content (AvgIpc) is 2.26. The second-order valence-electron chi connectivity index (χ2n) is 4.40. The Bertz CT molecular complexity index is 691. The van der Waals surface area contributed by atoms with Crippen LogP contribution in [-0.2, 0) is 30.4 Å². The van der Waals surface area contributed by atoms with Crippen LogP contribution in [0.3, 0.4) is 0 Å². The van der Waals surface area contributed by atoms with Crippen molar-refractivity contribution in [2.75, 3.05) is 6.26 Å². The molecule has 0 spiro atoms. The molecule has 0 aromatic heterocycles. The molecule has 0 amide bonds. The summed E-state index contributed by atoms with van der Waals surface area (Å²) in [6.45, 7) is 1.21. The van der Waals surface area contributed by atoms with Gasteiger partial charge in [-0.05, 0) is 24.6 Å². The molecule has 9 heteroatoms. The zero-order valence-corrected chi connectivity index (χ0v) is 12.5. The molecule has 0 heterocycles. The summed E-state index contributed by atoms with van der Waals surface area (Å²) in [7, 11) is -7.14. The van der Waals surface area contributed by atoms with Gasteiger partial charge in [-0.15, -0.1) is 0 Å². The van der Waals surface area contributed by atoms with Gasteiger partial charge in [0.15, 0.2) is 9.84 Å². The van der Waals surface area contributed by atoms with Crippen LogP contribution < -0.4 is 4.72 Å². The van der Waals surface area contributed by atoms with E-state index in [1.165, 1.54) is 31.2 Å².